The molecule has 1 aromatic heterocycles. The largest absolute Gasteiger partial charge is 0.362 e. The lowest BCUT2D eigenvalue weighted by molar-refractivity contribution is -0.120. The van der Waals surface area contributed by atoms with Crippen molar-refractivity contribution in [2.24, 2.45) is 0 Å². The molecule has 1 aliphatic rings. The van der Waals surface area contributed by atoms with E-state index in [1.165, 1.54) is 16.9 Å². The second-order valence-electron chi connectivity index (χ2n) is 5.39. The Morgan fingerprint density at radius 2 is 2.00 bits per heavy atom. The number of aryl methyl sites for hydroxylation is 1. The number of hydrogen-bond acceptors (Lipinski definition) is 4. The van der Waals surface area contributed by atoms with Crippen molar-refractivity contribution in [2.45, 2.75) is 12.8 Å². The van der Waals surface area contributed by atoms with Gasteiger partial charge in [0.05, 0.1) is 15.2 Å². The number of nitrogens with zero attached hydrogens (tertiary/aromatic N) is 1. The van der Waals surface area contributed by atoms with Crippen LogP contribution in [0.4, 0.5) is 5.69 Å². The lowest BCUT2D eigenvalue weighted by Gasteiger charge is -2.30. The van der Waals surface area contributed by atoms with E-state index in [1.54, 1.807) is 6.07 Å². The van der Waals surface area contributed by atoms with Crippen LogP contribution in [-0.2, 0) is 11.2 Å². The molecule has 5 nitrogen and oxygen atoms in total. The van der Waals surface area contributed by atoms with Crippen LogP contribution in [0.25, 0.3) is 0 Å². The molecule has 2 N–H and O–H groups in total. The smallest absolute Gasteiger partial charge is 0.279 e. The summed E-state index contributed by atoms with van der Waals surface area (Å²) in [6, 6.07) is 9.81. The SMILES string of the molecule is O=C(CN1CCCc2ccccc21)NNC(=O)c1cc(Br)c(Br)s1. The standard InChI is InChI=1S/C16H15Br2N3O2S/c17-11-8-13(24-15(11)18)16(23)20-19-14(22)9-21-7-3-5-10-4-1-2-6-12(10)21/h1-2,4,6,8H,3,5,7,9H2,(H,19,22)(H,20,23). The van der Waals surface area contributed by atoms with Crippen molar-refractivity contribution in [1.29, 1.82) is 0 Å². The van der Waals surface area contributed by atoms with Gasteiger partial charge in [-0.15, -0.1) is 11.3 Å². The van der Waals surface area contributed by atoms with Crippen LogP contribution >= 0.6 is 43.2 Å². The Morgan fingerprint density at radius 1 is 1.21 bits per heavy atom. The molecule has 2 amide bonds. The summed E-state index contributed by atoms with van der Waals surface area (Å²) in [6.07, 6.45) is 2.06. The zero-order valence-electron chi connectivity index (χ0n) is 12.6. The van der Waals surface area contributed by atoms with Crippen LogP contribution in [0.3, 0.4) is 0 Å². The normalized spacial score (nSPS) is 13.3. The number of amides is 2. The molecule has 0 spiro atoms. The van der Waals surface area contributed by atoms with Gasteiger partial charge in [-0.25, -0.2) is 0 Å². The number of carbonyl (C=O) groups is 2. The number of rotatable bonds is 3. The predicted octanol–water partition coefficient (Wildman–Crippen LogP) is 3.49. The topological polar surface area (TPSA) is 61.4 Å². The number of hydrogen-bond donors (Lipinski definition) is 2. The molecular weight excluding hydrogens is 458 g/mol. The van der Waals surface area contributed by atoms with Crippen LogP contribution in [0.1, 0.15) is 21.7 Å². The number of carbonyl (C=O) groups excluding carboxylic acids is 2. The molecule has 126 valence electrons. The molecule has 0 radical (unpaired) electrons. The summed E-state index contributed by atoms with van der Waals surface area (Å²) in [5.74, 6) is -0.575. The predicted molar refractivity (Wildman–Crippen MR) is 102 cm³/mol. The quantitative estimate of drug-likeness (QED) is 0.672. The first-order valence-electron chi connectivity index (χ1n) is 7.41. The Morgan fingerprint density at radius 3 is 2.75 bits per heavy atom. The van der Waals surface area contributed by atoms with Gasteiger partial charge in [-0.3, -0.25) is 20.4 Å². The first-order valence-corrected chi connectivity index (χ1v) is 9.81. The molecule has 0 bridgehead atoms. The van der Waals surface area contributed by atoms with Crippen molar-refractivity contribution in [2.75, 3.05) is 18.0 Å². The fraction of sp³-hybridized carbons (Fsp3) is 0.250. The van der Waals surface area contributed by atoms with Crippen molar-refractivity contribution >= 4 is 60.7 Å². The van der Waals surface area contributed by atoms with E-state index in [-0.39, 0.29) is 18.4 Å². The van der Waals surface area contributed by atoms with Gasteiger partial charge in [-0.2, -0.15) is 0 Å². The number of anilines is 1. The molecule has 0 saturated heterocycles. The second-order valence-corrected chi connectivity index (χ2v) is 8.61. The Kier molecular flexibility index (Phi) is 5.57. The lowest BCUT2D eigenvalue weighted by Crippen LogP contribution is -2.47. The summed E-state index contributed by atoms with van der Waals surface area (Å²) in [6.45, 7) is 1.05. The molecule has 1 aliphatic heterocycles. The highest BCUT2D eigenvalue weighted by molar-refractivity contribution is 9.13. The van der Waals surface area contributed by atoms with E-state index < -0.39 is 0 Å². The van der Waals surface area contributed by atoms with E-state index in [0.29, 0.717) is 4.88 Å². The van der Waals surface area contributed by atoms with Gasteiger partial charge in [0.25, 0.3) is 11.8 Å². The number of nitrogens with one attached hydrogen (secondary N) is 2. The molecule has 8 heteroatoms. The maximum Gasteiger partial charge on any atom is 0.279 e. The average molecular weight is 473 g/mol. The summed E-state index contributed by atoms with van der Waals surface area (Å²) >= 11 is 7.97. The Labute approximate surface area is 160 Å². The zero-order valence-corrected chi connectivity index (χ0v) is 16.6. The van der Waals surface area contributed by atoms with E-state index in [0.717, 1.165) is 33.3 Å². The number of thiophene rings is 1. The summed E-state index contributed by atoms with van der Waals surface area (Å²) in [4.78, 5) is 26.7. The van der Waals surface area contributed by atoms with Gasteiger partial charge in [0.15, 0.2) is 0 Å². The van der Waals surface area contributed by atoms with Gasteiger partial charge < -0.3 is 4.90 Å². The van der Waals surface area contributed by atoms with Crippen LogP contribution in [0.5, 0.6) is 0 Å². The number of halogens is 2. The molecule has 0 saturated carbocycles. The minimum atomic E-state index is -0.334. The molecule has 1 aromatic carbocycles. The van der Waals surface area contributed by atoms with Crippen molar-refractivity contribution < 1.29 is 9.59 Å². The van der Waals surface area contributed by atoms with Crippen LogP contribution in [0.2, 0.25) is 0 Å². The maximum absolute atomic E-state index is 12.1. The zero-order chi connectivity index (χ0) is 17.1. The Hall–Kier alpha value is -1.38. The molecule has 0 aliphatic carbocycles. The van der Waals surface area contributed by atoms with Gasteiger partial charge in [-0.05, 0) is 62.4 Å². The van der Waals surface area contributed by atoms with Gasteiger partial charge in [0.1, 0.15) is 0 Å². The van der Waals surface area contributed by atoms with Crippen LogP contribution < -0.4 is 15.8 Å². The molecule has 24 heavy (non-hydrogen) atoms. The second kappa shape index (κ2) is 7.67. The number of fused-ring (bicyclic) bond motifs is 1. The minimum Gasteiger partial charge on any atom is -0.362 e. The third kappa shape index (κ3) is 3.99. The molecule has 3 rings (SSSR count). The van der Waals surface area contributed by atoms with Crippen molar-refractivity contribution in [3.63, 3.8) is 0 Å². The third-order valence-electron chi connectivity index (χ3n) is 3.73. The third-order valence-corrected chi connectivity index (χ3v) is 6.98. The number of benzene rings is 1. The number of hydrazine groups is 1. The first kappa shape index (κ1) is 17.4. The van der Waals surface area contributed by atoms with Crippen LogP contribution in [0, 0.1) is 0 Å². The van der Waals surface area contributed by atoms with Crippen molar-refractivity contribution in [1.82, 2.24) is 10.9 Å². The van der Waals surface area contributed by atoms with Gasteiger partial charge in [0, 0.05) is 16.7 Å². The fourth-order valence-electron chi connectivity index (χ4n) is 2.64. The number of para-hydroxylation sites is 1. The summed E-state index contributed by atoms with van der Waals surface area (Å²) in [5, 5.41) is 0. The highest BCUT2D eigenvalue weighted by atomic mass is 79.9. The highest BCUT2D eigenvalue weighted by Crippen LogP contribution is 2.32. The van der Waals surface area contributed by atoms with Crippen molar-refractivity contribution in [3.8, 4) is 0 Å². The molecule has 2 aromatic rings. The van der Waals surface area contributed by atoms with Gasteiger partial charge in [-0.1, -0.05) is 18.2 Å². The highest BCUT2D eigenvalue weighted by Gasteiger charge is 2.19. The molecular formula is C16H15Br2N3O2S. The summed E-state index contributed by atoms with van der Waals surface area (Å²) in [7, 11) is 0. The van der Waals surface area contributed by atoms with E-state index in [1.807, 2.05) is 23.1 Å². The van der Waals surface area contributed by atoms with E-state index >= 15 is 0 Å². The summed E-state index contributed by atoms with van der Waals surface area (Å²) in [5.41, 5.74) is 7.29. The maximum atomic E-state index is 12.1. The van der Waals surface area contributed by atoms with Crippen molar-refractivity contribution in [3.05, 3.63) is 49.0 Å². The first-order chi connectivity index (χ1) is 11.5. The molecule has 0 fully saturated rings. The van der Waals surface area contributed by atoms with Gasteiger partial charge in [0.2, 0.25) is 0 Å². The lowest BCUT2D eigenvalue weighted by atomic mass is 10.0. The fourth-order valence-corrected chi connectivity index (χ4v) is 4.57. The Bertz CT molecular complexity index is 759. The minimum absolute atomic E-state index is 0.217. The van der Waals surface area contributed by atoms with Crippen LogP contribution in [-0.4, -0.2) is 24.9 Å². The van der Waals surface area contributed by atoms with Crippen LogP contribution in [0.15, 0.2) is 38.6 Å². The van der Waals surface area contributed by atoms with E-state index in [9.17, 15) is 9.59 Å². The summed E-state index contributed by atoms with van der Waals surface area (Å²) < 4.78 is 1.65. The van der Waals surface area contributed by atoms with E-state index in [4.69, 9.17) is 0 Å². The van der Waals surface area contributed by atoms with Gasteiger partial charge >= 0.3 is 0 Å². The molecule has 0 atom stereocenters. The monoisotopic (exact) mass is 471 g/mol. The van der Waals surface area contributed by atoms with E-state index in [2.05, 4.69) is 48.8 Å². The molecule has 0 unspecified atom stereocenters. The Balaban J connectivity index is 1.56. The molecule has 2 heterocycles. The average Bonchev–Trinajstić information content (AvgIpc) is 2.92.